The second kappa shape index (κ2) is 5.09. The van der Waals surface area contributed by atoms with Crippen LogP contribution in [0.4, 0.5) is 5.69 Å². The van der Waals surface area contributed by atoms with Crippen molar-refractivity contribution >= 4 is 40.2 Å². The molecule has 0 fully saturated rings. The molecule has 2 aromatic rings. The van der Waals surface area contributed by atoms with E-state index in [0.29, 0.717) is 0 Å². The van der Waals surface area contributed by atoms with E-state index in [1.165, 1.54) is 4.88 Å². The summed E-state index contributed by atoms with van der Waals surface area (Å²) in [6, 6.07) is 9.80. The topological polar surface area (TPSA) is 12.0 Å². The van der Waals surface area contributed by atoms with Gasteiger partial charge >= 0.3 is 0 Å². The van der Waals surface area contributed by atoms with E-state index >= 15 is 0 Å². The number of thiophene rings is 1. The fourth-order valence-corrected chi connectivity index (χ4v) is 2.63. The molecular formula is C12H11Cl2NS. The van der Waals surface area contributed by atoms with Crippen molar-refractivity contribution in [2.75, 3.05) is 5.32 Å². The summed E-state index contributed by atoms with van der Waals surface area (Å²) >= 11 is 13.5. The molecule has 0 aliphatic carbocycles. The number of nitrogens with one attached hydrogen (secondary N) is 1. The first-order valence-corrected chi connectivity index (χ1v) is 6.47. The molecule has 16 heavy (non-hydrogen) atoms. The van der Waals surface area contributed by atoms with Crippen LogP contribution in [-0.2, 0) is 6.54 Å². The molecule has 2 rings (SSSR count). The van der Waals surface area contributed by atoms with Crippen LogP contribution in [0.25, 0.3) is 0 Å². The van der Waals surface area contributed by atoms with Crippen LogP contribution in [0, 0.1) is 6.92 Å². The minimum absolute atomic E-state index is 0.776. The highest BCUT2D eigenvalue weighted by atomic mass is 35.5. The normalized spacial score (nSPS) is 10.4. The number of hydrogen-bond donors (Lipinski definition) is 1. The van der Waals surface area contributed by atoms with E-state index in [1.54, 1.807) is 11.3 Å². The third-order valence-electron chi connectivity index (χ3n) is 2.35. The number of halogens is 2. The van der Waals surface area contributed by atoms with Crippen molar-refractivity contribution in [1.82, 2.24) is 0 Å². The number of rotatable bonds is 3. The zero-order chi connectivity index (χ0) is 11.5. The van der Waals surface area contributed by atoms with Gasteiger partial charge in [-0.25, -0.2) is 0 Å². The van der Waals surface area contributed by atoms with Crippen LogP contribution in [0.15, 0.2) is 30.3 Å². The van der Waals surface area contributed by atoms with Crippen LogP contribution in [-0.4, -0.2) is 0 Å². The average Bonchev–Trinajstić information content (AvgIpc) is 2.67. The smallest absolute Gasteiger partial charge is 0.0931 e. The molecule has 1 N–H and O–H groups in total. The molecule has 0 radical (unpaired) electrons. The lowest BCUT2D eigenvalue weighted by atomic mass is 10.2. The minimum atomic E-state index is 0.776. The van der Waals surface area contributed by atoms with Crippen LogP contribution in [0.2, 0.25) is 9.36 Å². The highest BCUT2D eigenvalue weighted by Gasteiger charge is 2.02. The van der Waals surface area contributed by atoms with Gasteiger partial charge in [-0.05, 0) is 36.8 Å². The molecule has 0 atom stereocenters. The maximum atomic E-state index is 6.04. The fourth-order valence-electron chi connectivity index (χ4n) is 1.43. The summed E-state index contributed by atoms with van der Waals surface area (Å²) in [4.78, 5) is 1.21. The summed E-state index contributed by atoms with van der Waals surface area (Å²) in [6.45, 7) is 2.78. The second-order valence-electron chi connectivity index (χ2n) is 3.47. The molecule has 1 aromatic carbocycles. The average molecular weight is 272 g/mol. The van der Waals surface area contributed by atoms with Gasteiger partial charge in [0.15, 0.2) is 0 Å². The summed E-state index contributed by atoms with van der Waals surface area (Å²) in [6.07, 6.45) is 0. The third kappa shape index (κ3) is 2.70. The second-order valence-corrected chi connectivity index (χ2v) is 5.68. The molecule has 0 amide bonds. The van der Waals surface area contributed by atoms with Crippen molar-refractivity contribution in [3.05, 3.63) is 50.1 Å². The van der Waals surface area contributed by atoms with Gasteiger partial charge in [0.25, 0.3) is 0 Å². The molecule has 0 saturated carbocycles. The van der Waals surface area contributed by atoms with Crippen LogP contribution in [0.3, 0.4) is 0 Å². The predicted octanol–water partition coefficient (Wildman–Crippen LogP) is 4.98. The first-order valence-electron chi connectivity index (χ1n) is 4.90. The van der Waals surface area contributed by atoms with Gasteiger partial charge < -0.3 is 5.32 Å². The van der Waals surface area contributed by atoms with Crippen LogP contribution >= 0.6 is 34.5 Å². The Kier molecular flexibility index (Phi) is 3.74. The highest BCUT2D eigenvalue weighted by molar-refractivity contribution is 7.16. The first kappa shape index (κ1) is 11.8. The van der Waals surface area contributed by atoms with Gasteiger partial charge in [-0.15, -0.1) is 11.3 Å². The summed E-state index contributed by atoms with van der Waals surface area (Å²) in [5.74, 6) is 0. The Morgan fingerprint density at radius 2 is 2.00 bits per heavy atom. The molecule has 0 saturated heterocycles. The van der Waals surface area contributed by atoms with E-state index in [4.69, 9.17) is 23.2 Å². The zero-order valence-electron chi connectivity index (χ0n) is 8.76. The van der Waals surface area contributed by atoms with Gasteiger partial charge in [-0.2, -0.15) is 0 Å². The number of hydrogen-bond acceptors (Lipinski definition) is 2. The molecule has 84 valence electrons. The van der Waals surface area contributed by atoms with E-state index in [0.717, 1.165) is 27.2 Å². The van der Waals surface area contributed by atoms with Gasteiger partial charge in [-0.1, -0.05) is 29.3 Å². The lowest BCUT2D eigenvalue weighted by molar-refractivity contribution is 1.18. The summed E-state index contributed by atoms with van der Waals surface area (Å²) in [5, 5.41) is 4.14. The zero-order valence-corrected chi connectivity index (χ0v) is 11.1. The van der Waals surface area contributed by atoms with Crippen molar-refractivity contribution < 1.29 is 0 Å². The van der Waals surface area contributed by atoms with E-state index in [9.17, 15) is 0 Å². The first-order chi connectivity index (χ1) is 7.66. The van der Waals surface area contributed by atoms with Gasteiger partial charge in [0.1, 0.15) is 0 Å². The van der Waals surface area contributed by atoms with Crippen molar-refractivity contribution in [2.24, 2.45) is 0 Å². The molecule has 1 nitrogen and oxygen atoms in total. The lowest BCUT2D eigenvalue weighted by Gasteiger charge is -2.09. The maximum Gasteiger partial charge on any atom is 0.0931 e. The Morgan fingerprint density at radius 1 is 1.19 bits per heavy atom. The van der Waals surface area contributed by atoms with Crippen LogP contribution in [0.1, 0.15) is 10.4 Å². The predicted molar refractivity (Wildman–Crippen MR) is 72.8 cm³/mol. The Hall–Kier alpha value is -0.700. The summed E-state index contributed by atoms with van der Waals surface area (Å²) in [7, 11) is 0. The SMILES string of the molecule is Cc1c(Cl)cccc1NCc1ccc(Cl)s1. The van der Waals surface area contributed by atoms with Gasteiger partial charge in [0.05, 0.1) is 4.34 Å². The van der Waals surface area contributed by atoms with Gasteiger partial charge in [-0.3, -0.25) is 0 Å². The minimum Gasteiger partial charge on any atom is -0.380 e. The highest BCUT2D eigenvalue weighted by Crippen LogP contribution is 2.25. The Labute approximate surface area is 109 Å². The number of anilines is 1. The lowest BCUT2D eigenvalue weighted by Crippen LogP contribution is -1.99. The molecular weight excluding hydrogens is 261 g/mol. The molecule has 1 heterocycles. The third-order valence-corrected chi connectivity index (χ3v) is 3.99. The molecule has 0 unspecified atom stereocenters. The number of benzene rings is 1. The Balaban J connectivity index is 2.07. The molecule has 4 heteroatoms. The van der Waals surface area contributed by atoms with Crippen LogP contribution in [0.5, 0.6) is 0 Å². The van der Waals surface area contributed by atoms with E-state index < -0.39 is 0 Å². The summed E-state index contributed by atoms with van der Waals surface area (Å²) in [5.41, 5.74) is 2.14. The van der Waals surface area contributed by atoms with Crippen molar-refractivity contribution in [3.63, 3.8) is 0 Å². The quantitative estimate of drug-likeness (QED) is 0.831. The standard InChI is InChI=1S/C12H11Cl2NS/c1-8-10(13)3-2-4-11(8)15-7-9-5-6-12(14)16-9/h2-6,15H,7H2,1H3. The summed E-state index contributed by atoms with van der Waals surface area (Å²) < 4.78 is 0.819. The van der Waals surface area contributed by atoms with E-state index in [1.807, 2.05) is 37.3 Å². The van der Waals surface area contributed by atoms with Gasteiger partial charge in [0.2, 0.25) is 0 Å². The molecule has 0 aliphatic rings. The van der Waals surface area contributed by atoms with Crippen molar-refractivity contribution in [1.29, 1.82) is 0 Å². The maximum absolute atomic E-state index is 6.04. The monoisotopic (exact) mass is 271 g/mol. The fraction of sp³-hybridized carbons (Fsp3) is 0.167. The molecule has 0 spiro atoms. The molecule has 0 bridgehead atoms. The van der Waals surface area contributed by atoms with Crippen molar-refractivity contribution in [3.8, 4) is 0 Å². The van der Waals surface area contributed by atoms with E-state index in [2.05, 4.69) is 5.32 Å². The van der Waals surface area contributed by atoms with Gasteiger partial charge in [0, 0.05) is 22.1 Å². The van der Waals surface area contributed by atoms with E-state index in [-0.39, 0.29) is 0 Å². The molecule has 1 aromatic heterocycles. The van der Waals surface area contributed by atoms with Crippen LogP contribution < -0.4 is 5.32 Å². The Bertz CT molecular complexity index is 494. The molecule has 0 aliphatic heterocycles. The Morgan fingerprint density at radius 3 is 2.69 bits per heavy atom. The van der Waals surface area contributed by atoms with Crippen molar-refractivity contribution in [2.45, 2.75) is 13.5 Å². The largest absolute Gasteiger partial charge is 0.380 e.